The quantitative estimate of drug-likeness (QED) is 0.0239. The highest BCUT2D eigenvalue weighted by Gasteiger charge is 2.43. The Morgan fingerprint density at radius 3 is 1.13 bits per heavy atom. The van der Waals surface area contributed by atoms with Gasteiger partial charge in [0.2, 0.25) is 0 Å². The molecule has 0 heterocycles. The van der Waals surface area contributed by atoms with Gasteiger partial charge in [0.25, 0.3) is 0 Å². The zero-order chi connectivity index (χ0) is 51.9. The SMILES string of the molecule is CCCCCCCCC1(CCCCCCCC)c2cccc3ccc4cc(-c5c6ccccc6c(-c6ccc7c8c6ccc6cccc(c68)C7(CCCCCCCC)CCCCCCCC)c6ccccc56)cc1c4c23. The maximum absolute atomic E-state index is 2.73. The maximum Gasteiger partial charge on any atom is 0.0215 e. The molecule has 9 aromatic rings. The van der Waals surface area contributed by atoms with Crippen LogP contribution in [-0.4, -0.2) is 0 Å². The molecule has 0 spiro atoms. The molecular formula is C76H90. The molecule has 0 aromatic heterocycles. The van der Waals surface area contributed by atoms with Gasteiger partial charge in [0, 0.05) is 10.8 Å². The second-order valence-electron chi connectivity index (χ2n) is 24.2. The summed E-state index contributed by atoms with van der Waals surface area (Å²) in [5.74, 6) is 0. The number of benzene rings is 9. The molecule has 0 nitrogen and oxygen atoms in total. The maximum atomic E-state index is 2.73. The normalized spacial score (nSPS) is 14.2. The van der Waals surface area contributed by atoms with Crippen molar-refractivity contribution in [3.8, 4) is 22.3 Å². The molecule has 0 fully saturated rings. The molecule has 9 aromatic carbocycles. The summed E-state index contributed by atoms with van der Waals surface area (Å²) in [6, 6.07) is 54.1. The lowest BCUT2D eigenvalue weighted by Gasteiger charge is -2.34. The molecule has 0 aliphatic heterocycles. The summed E-state index contributed by atoms with van der Waals surface area (Å²) in [5.41, 5.74) is 12.1. The summed E-state index contributed by atoms with van der Waals surface area (Å²) in [6.07, 6.45) is 37.0. The molecule has 0 saturated carbocycles. The summed E-state index contributed by atoms with van der Waals surface area (Å²) in [6.45, 7) is 9.37. The molecule has 2 aliphatic rings. The third-order valence-corrected chi connectivity index (χ3v) is 19.4. The van der Waals surface area contributed by atoms with Crippen LogP contribution in [0.4, 0.5) is 0 Å². The highest BCUT2D eigenvalue weighted by atomic mass is 14.5. The van der Waals surface area contributed by atoms with Gasteiger partial charge in [0.05, 0.1) is 0 Å². The molecule has 0 heteroatoms. The molecule has 2 aliphatic carbocycles. The molecule has 0 saturated heterocycles. The fourth-order valence-electron chi connectivity index (χ4n) is 15.6. The molecule has 0 radical (unpaired) electrons. The van der Waals surface area contributed by atoms with Crippen molar-refractivity contribution in [2.24, 2.45) is 0 Å². The van der Waals surface area contributed by atoms with E-state index in [1.165, 1.54) is 267 Å². The molecule has 76 heavy (non-hydrogen) atoms. The van der Waals surface area contributed by atoms with E-state index in [0.29, 0.717) is 0 Å². The zero-order valence-electron chi connectivity index (χ0n) is 47.5. The van der Waals surface area contributed by atoms with Gasteiger partial charge in [-0.15, -0.1) is 0 Å². The Bertz CT molecular complexity index is 3360. The minimum absolute atomic E-state index is 0.0202. The van der Waals surface area contributed by atoms with E-state index in [9.17, 15) is 0 Å². The van der Waals surface area contributed by atoms with Gasteiger partial charge >= 0.3 is 0 Å². The Labute approximate surface area is 458 Å². The smallest absolute Gasteiger partial charge is 0.0215 e. The molecule has 0 bridgehead atoms. The Kier molecular flexibility index (Phi) is 16.6. The zero-order valence-corrected chi connectivity index (χ0v) is 47.5. The fourth-order valence-corrected chi connectivity index (χ4v) is 15.6. The summed E-state index contributed by atoms with van der Waals surface area (Å²) in [7, 11) is 0. The number of unbranched alkanes of at least 4 members (excludes halogenated alkanes) is 20. The molecule has 0 N–H and O–H groups in total. The second kappa shape index (κ2) is 24.1. The van der Waals surface area contributed by atoms with E-state index in [1.807, 2.05) is 0 Å². The highest BCUT2D eigenvalue weighted by molar-refractivity contribution is 6.27. The van der Waals surface area contributed by atoms with Gasteiger partial charge in [-0.2, -0.15) is 0 Å². The minimum Gasteiger partial charge on any atom is -0.0654 e. The lowest BCUT2D eigenvalue weighted by atomic mass is 9.69. The van der Waals surface area contributed by atoms with Crippen molar-refractivity contribution in [1.29, 1.82) is 0 Å². The molecule has 394 valence electrons. The largest absolute Gasteiger partial charge is 0.0654 e. The fraction of sp³-hybridized carbons (Fsp3) is 0.447. The number of hydrogen-bond donors (Lipinski definition) is 0. The lowest BCUT2D eigenvalue weighted by Crippen LogP contribution is -2.26. The van der Waals surface area contributed by atoms with Gasteiger partial charge in [-0.3, -0.25) is 0 Å². The second-order valence-corrected chi connectivity index (χ2v) is 24.2. The van der Waals surface area contributed by atoms with Crippen molar-refractivity contribution in [1.82, 2.24) is 0 Å². The van der Waals surface area contributed by atoms with Gasteiger partial charge in [0.1, 0.15) is 0 Å². The van der Waals surface area contributed by atoms with Gasteiger partial charge in [0.15, 0.2) is 0 Å². The first-order valence-corrected chi connectivity index (χ1v) is 31.5. The summed E-state index contributed by atoms with van der Waals surface area (Å²) in [4.78, 5) is 0. The van der Waals surface area contributed by atoms with E-state index < -0.39 is 0 Å². The van der Waals surface area contributed by atoms with Gasteiger partial charge in [-0.25, -0.2) is 0 Å². The average Bonchev–Trinajstić information content (AvgIpc) is 3.93. The van der Waals surface area contributed by atoms with Crippen LogP contribution in [0.25, 0.3) is 86.9 Å². The average molecular weight is 1000 g/mol. The summed E-state index contributed by atoms with van der Waals surface area (Å²) < 4.78 is 0. The number of hydrogen-bond acceptors (Lipinski definition) is 0. The van der Waals surface area contributed by atoms with Gasteiger partial charge < -0.3 is 0 Å². The molecule has 0 unspecified atom stereocenters. The first-order valence-electron chi connectivity index (χ1n) is 31.5. The van der Waals surface area contributed by atoms with Crippen LogP contribution in [0.1, 0.15) is 230 Å². The van der Waals surface area contributed by atoms with Gasteiger partial charge in [-0.05, 0) is 147 Å². The number of fused-ring (bicyclic) bond motifs is 2. The molecule has 0 atom stereocenters. The van der Waals surface area contributed by atoms with Crippen molar-refractivity contribution in [3.05, 3.63) is 156 Å². The van der Waals surface area contributed by atoms with Gasteiger partial charge in [-0.1, -0.05) is 303 Å². The molecule has 11 rings (SSSR count). The van der Waals surface area contributed by atoms with Crippen LogP contribution >= 0.6 is 0 Å². The van der Waals surface area contributed by atoms with Crippen molar-refractivity contribution in [3.63, 3.8) is 0 Å². The predicted octanol–water partition coefficient (Wildman–Crippen LogP) is 24.1. The molecule has 0 amide bonds. The van der Waals surface area contributed by atoms with E-state index in [2.05, 4.69) is 161 Å². The third kappa shape index (κ3) is 9.70. The Morgan fingerprint density at radius 1 is 0.263 bits per heavy atom. The monoisotopic (exact) mass is 1000 g/mol. The van der Waals surface area contributed by atoms with Crippen LogP contribution in [0.2, 0.25) is 0 Å². The Morgan fingerprint density at radius 2 is 0.645 bits per heavy atom. The first-order chi connectivity index (χ1) is 37.6. The van der Waals surface area contributed by atoms with Crippen LogP contribution < -0.4 is 0 Å². The van der Waals surface area contributed by atoms with Crippen LogP contribution in [0.15, 0.2) is 133 Å². The summed E-state index contributed by atoms with van der Waals surface area (Å²) >= 11 is 0. The highest BCUT2D eigenvalue weighted by Crippen LogP contribution is 2.58. The van der Waals surface area contributed by atoms with E-state index in [4.69, 9.17) is 0 Å². The van der Waals surface area contributed by atoms with Crippen LogP contribution in [0, 0.1) is 0 Å². The standard InChI is InChI=1S/C76H90/c1-5-9-13-17-21-29-49-75(50-30-22-18-14-10-6-2)66-42-34-36-56-45-46-64-63(47-48-67(75)74(64)71(56)66)73-61-39-27-25-37-59(61)69(60-38-26-28-40-62(60)73)58-53-57-44-43-55-35-33-41-65-70(55)72(57)68(54-58)76(65,51-31-23-19-15-11-7-3)52-32-24-20-16-12-8-4/h25-28,33-48,53-54H,5-24,29-32,49-52H2,1-4H3. The first kappa shape index (κ1) is 52.6. The Hall–Kier alpha value is -5.46. The Balaban J connectivity index is 1.06. The van der Waals surface area contributed by atoms with Crippen LogP contribution in [0.5, 0.6) is 0 Å². The van der Waals surface area contributed by atoms with Crippen molar-refractivity contribution in [2.75, 3.05) is 0 Å². The number of rotatable bonds is 30. The van der Waals surface area contributed by atoms with Crippen molar-refractivity contribution in [2.45, 2.75) is 218 Å². The predicted molar refractivity (Wildman–Crippen MR) is 336 cm³/mol. The van der Waals surface area contributed by atoms with E-state index in [1.54, 1.807) is 22.3 Å². The van der Waals surface area contributed by atoms with E-state index >= 15 is 0 Å². The van der Waals surface area contributed by atoms with Crippen molar-refractivity contribution < 1.29 is 0 Å². The van der Waals surface area contributed by atoms with Crippen LogP contribution in [-0.2, 0) is 10.8 Å². The lowest BCUT2D eigenvalue weighted by molar-refractivity contribution is 0.399. The van der Waals surface area contributed by atoms with E-state index in [0.717, 1.165) is 0 Å². The van der Waals surface area contributed by atoms with Crippen LogP contribution in [0.3, 0.4) is 0 Å². The minimum atomic E-state index is 0.0202. The third-order valence-electron chi connectivity index (χ3n) is 19.4. The molecular weight excluding hydrogens is 913 g/mol. The topological polar surface area (TPSA) is 0 Å². The van der Waals surface area contributed by atoms with E-state index in [-0.39, 0.29) is 10.8 Å². The van der Waals surface area contributed by atoms with Crippen molar-refractivity contribution >= 4 is 64.6 Å². The summed E-state index contributed by atoms with van der Waals surface area (Å²) in [5, 5.41) is 17.3.